The molecule has 112 valence electrons. The predicted octanol–water partition coefficient (Wildman–Crippen LogP) is 3.59. The van der Waals surface area contributed by atoms with Crippen molar-refractivity contribution >= 4 is 17.2 Å². The first-order chi connectivity index (χ1) is 9.20. The van der Waals surface area contributed by atoms with Crippen molar-refractivity contribution in [1.82, 2.24) is 4.90 Å². The van der Waals surface area contributed by atoms with Gasteiger partial charge in [0.1, 0.15) is 0 Å². The predicted molar refractivity (Wildman–Crippen MR) is 78.4 cm³/mol. The van der Waals surface area contributed by atoms with Crippen LogP contribution >= 0.6 is 12.2 Å². The van der Waals surface area contributed by atoms with Crippen LogP contribution in [0.3, 0.4) is 0 Å². The Bertz CT molecular complexity index is 441. The molecule has 0 amide bonds. The van der Waals surface area contributed by atoms with Crippen molar-refractivity contribution in [2.24, 2.45) is 5.73 Å². The van der Waals surface area contributed by atoms with E-state index in [1.54, 1.807) is 0 Å². The van der Waals surface area contributed by atoms with Gasteiger partial charge in [0.2, 0.25) is 0 Å². The zero-order valence-electron chi connectivity index (χ0n) is 11.6. The summed E-state index contributed by atoms with van der Waals surface area (Å²) in [6.45, 7) is 5.35. The highest BCUT2D eigenvalue weighted by Crippen LogP contribution is 2.29. The van der Waals surface area contributed by atoms with Crippen LogP contribution in [0.25, 0.3) is 0 Å². The van der Waals surface area contributed by atoms with E-state index in [0.717, 1.165) is 17.7 Å². The normalized spacial score (nSPS) is 12.2. The second-order valence-electron chi connectivity index (χ2n) is 4.98. The van der Waals surface area contributed by atoms with E-state index in [9.17, 15) is 13.2 Å². The Labute approximate surface area is 122 Å². The van der Waals surface area contributed by atoms with E-state index >= 15 is 0 Å². The molecule has 2 nitrogen and oxygen atoms in total. The maximum Gasteiger partial charge on any atom is 0.416 e. The first-order valence-electron chi connectivity index (χ1n) is 6.38. The zero-order chi connectivity index (χ0) is 15.3. The SMILES string of the molecule is CC(C)N(CCC(N)=S)Cc1ccc(C(F)(F)F)cc1. The molecule has 0 radical (unpaired) electrons. The number of alkyl halides is 3. The molecule has 0 spiro atoms. The molecule has 0 atom stereocenters. The van der Waals surface area contributed by atoms with Gasteiger partial charge in [-0.1, -0.05) is 24.4 Å². The molecule has 0 saturated carbocycles. The number of hydrogen-bond donors (Lipinski definition) is 1. The van der Waals surface area contributed by atoms with Gasteiger partial charge in [0.05, 0.1) is 10.6 Å². The van der Waals surface area contributed by atoms with Crippen LogP contribution in [0.1, 0.15) is 31.4 Å². The van der Waals surface area contributed by atoms with E-state index < -0.39 is 11.7 Å². The molecule has 20 heavy (non-hydrogen) atoms. The van der Waals surface area contributed by atoms with Gasteiger partial charge in [-0.25, -0.2) is 0 Å². The quantitative estimate of drug-likeness (QED) is 0.814. The minimum Gasteiger partial charge on any atom is -0.393 e. The fourth-order valence-electron chi connectivity index (χ4n) is 1.81. The minimum atomic E-state index is -4.29. The molecule has 1 aromatic carbocycles. The lowest BCUT2D eigenvalue weighted by Gasteiger charge is -2.26. The summed E-state index contributed by atoms with van der Waals surface area (Å²) in [6.07, 6.45) is -3.68. The van der Waals surface area contributed by atoms with Crippen LogP contribution in [0.5, 0.6) is 0 Å². The molecule has 1 aromatic rings. The number of benzene rings is 1. The second-order valence-corrected chi connectivity index (χ2v) is 5.50. The van der Waals surface area contributed by atoms with Gasteiger partial charge in [-0.05, 0) is 31.5 Å². The van der Waals surface area contributed by atoms with Gasteiger partial charge in [0.15, 0.2) is 0 Å². The Kier molecular flexibility index (Phi) is 5.95. The summed E-state index contributed by atoms with van der Waals surface area (Å²) in [5.41, 5.74) is 5.70. The molecule has 0 aliphatic carbocycles. The summed E-state index contributed by atoms with van der Waals surface area (Å²) < 4.78 is 37.4. The van der Waals surface area contributed by atoms with Gasteiger partial charge in [0.25, 0.3) is 0 Å². The fraction of sp³-hybridized carbons (Fsp3) is 0.500. The van der Waals surface area contributed by atoms with Gasteiger partial charge in [-0.3, -0.25) is 4.90 Å². The lowest BCUT2D eigenvalue weighted by Crippen LogP contribution is -2.33. The topological polar surface area (TPSA) is 29.3 Å². The summed E-state index contributed by atoms with van der Waals surface area (Å²) >= 11 is 4.85. The number of hydrogen-bond acceptors (Lipinski definition) is 2. The molecular weight excluding hydrogens is 285 g/mol. The maximum atomic E-state index is 12.5. The maximum absolute atomic E-state index is 12.5. The second kappa shape index (κ2) is 7.04. The number of nitrogens with two attached hydrogens (primary N) is 1. The van der Waals surface area contributed by atoms with Crippen molar-refractivity contribution < 1.29 is 13.2 Å². The van der Waals surface area contributed by atoms with E-state index in [1.165, 1.54) is 12.1 Å². The van der Waals surface area contributed by atoms with Crippen molar-refractivity contribution in [2.75, 3.05) is 6.54 Å². The fourth-order valence-corrected chi connectivity index (χ4v) is 1.90. The van der Waals surface area contributed by atoms with Crippen LogP contribution in [-0.2, 0) is 12.7 Å². The third kappa shape index (κ3) is 5.46. The van der Waals surface area contributed by atoms with E-state index in [4.69, 9.17) is 18.0 Å². The highest BCUT2D eigenvalue weighted by molar-refractivity contribution is 7.80. The van der Waals surface area contributed by atoms with Crippen molar-refractivity contribution in [3.05, 3.63) is 35.4 Å². The monoisotopic (exact) mass is 304 g/mol. The average Bonchev–Trinajstić information content (AvgIpc) is 2.33. The number of thiocarbonyl (C=S) groups is 1. The Hall–Kier alpha value is -1.14. The Balaban J connectivity index is 2.71. The standard InChI is InChI=1S/C14H19F3N2S/c1-10(2)19(8-7-13(18)20)9-11-3-5-12(6-4-11)14(15,16)17/h3-6,10H,7-9H2,1-2H3,(H2,18,20). The third-order valence-corrected chi connectivity index (χ3v) is 3.25. The van der Waals surface area contributed by atoms with Crippen LogP contribution in [0, 0.1) is 0 Å². The van der Waals surface area contributed by atoms with Crippen LogP contribution in [0.2, 0.25) is 0 Å². The van der Waals surface area contributed by atoms with Crippen LogP contribution in [0.4, 0.5) is 13.2 Å². The first kappa shape index (κ1) is 16.9. The highest BCUT2D eigenvalue weighted by Gasteiger charge is 2.29. The van der Waals surface area contributed by atoms with Gasteiger partial charge in [-0.15, -0.1) is 0 Å². The number of nitrogens with zero attached hydrogens (tertiary/aromatic N) is 1. The van der Waals surface area contributed by atoms with Gasteiger partial charge < -0.3 is 5.73 Å². The molecule has 0 unspecified atom stereocenters. The molecule has 0 heterocycles. The van der Waals surface area contributed by atoms with E-state index in [0.29, 0.717) is 24.5 Å². The molecule has 1 rings (SSSR count). The Morgan fingerprint density at radius 2 is 1.80 bits per heavy atom. The van der Waals surface area contributed by atoms with Gasteiger partial charge in [0, 0.05) is 25.6 Å². The minimum absolute atomic E-state index is 0.270. The molecule has 2 N–H and O–H groups in total. The third-order valence-electron chi connectivity index (χ3n) is 3.04. The first-order valence-corrected chi connectivity index (χ1v) is 6.79. The lowest BCUT2D eigenvalue weighted by atomic mass is 10.1. The summed E-state index contributed by atoms with van der Waals surface area (Å²) in [4.78, 5) is 2.57. The van der Waals surface area contributed by atoms with Crippen molar-refractivity contribution in [1.29, 1.82) is 0 Å². The van der Waals surface area contributed by atoms with E-state index in [2.05, 4.69) is 4.90 Å². The zero-order valence-corrected chi connectivity index (χ0v) is 12.4. The molecule has 0 bridgehead atoms. The summed E-state index contributed by atoms with van der Waals surface area (Å²) in [7, 11) is 0. The van der Waals surface area contributed by atoms with Crippen molar-refractivity contribution in [3.8, 4) is 0 Å². The summed E-state index contributed by atoms with van der Waals surface area (Å²) in [6, 6.07) is 5.52. The molecular formula is C14H19F3N2S. The smallest absolute Gasteiger partial charge is 0.393 e. The van der Waals surface area contributed by atoms with Crippen molar-refractivity contribution in [3.63, 3.8) is 0 Å². The molecule has 0 saturated heterocycles. The van der Waals surface area contributed by atoms with E-state index in [-0.39, 0.29) is 6.04 Å². The molecule has 0 aliphatic rings. The van der Waals surface area contributed by atoms with Gasteiger partial charge in [-0.2, -0.15) is 13.2 Å². The highest BCUT2D eigenvalue weighted by atomic mass is 32.1. The van der Waals surface area contributed by atoms with Crippen molar-refractivity contribution in [2.45, 2.75) is 39.0 Å². The van der Waals surface area contributed by atoms with Crippen LogP contribution < -0.4 is 5.73 Å². The van der Waals surface area contributed by atoms with E-state index in [1.807, 2.05) is 13.8 Å². The molecule has 0 aromatic heterocycles. The molecule has 0 aliphatic heterocycles. The van der Waals surface area contributed by atoms with Gasteiger partial charge >= 0.3 is 6.18 Å². The Morgan fingerprint density at radius 3 is 2.20 bits per heavy atom. The number of halogens is 3. The Morgan fingerprint density at radius 1 is 1.25 bits per heavy atom. The number of rotatable bonds is 6. The average molecular weight is 304 g/mol. The van der Waals surface area contributed by atoms with Crippen LogP contribution in [-0.4, -0.2) is 22.5 Å². The summed E-state index contributed by atoms with van der Waals surface area (Å²) in [5, 5.41) is 0. The largest absolute Gasteiger partial charge is 0.416 e. The molecule has 6 heteroatoms. The summed E-state index contributed by atoms with van der Waals surface area (Å²) in [5.74, 6) is 0. The molecule has 0 fully saturated rings. The van der Waals surface area contributed by atoms with Crippen LogP contribution in [0.15, 0.2) is 24.3 Å². The lowest BCUT2D eigenvalue weighted by molar-refractivity contribution is -0.137.